The van der Waals surface area contributed by atoms with Crippen LogP contribution < -0.4 is 5.32 Å². The summed E-state index contributed by atoms with van der Waals surface area (Å²) in [7, 11) is 0. The molecule has 0 bridgehead atoms. The van der Waals surface area contributed by atoms with Crippen LogP contribution in [0, 0.1) is 5.82 Å². The van der Waals surface area contributed by atoms with Crippen molar-refractivity contribution in [1.82, 2.24) is 10.3 Å². The molecule has 21 heavy (non-hydrogen) atoms. The summed E-state index contributed by atoms with van der Waals surface area (Å²) in [6, 6.07) is 4.25. The van der Waals surface area contributed by atoms with Crippen molar-refractivity contribution in [2.24, 2.45) is 0 Å². The Hall–Kier alpha value is -2.54. The van der Waals surface area contributed by atoms with Crippen LogP contribution >= 0.6 is 11.3 Å². The van der Waals surface area contributed by atoms with Crippen LogP contribution in [-0.4, -0.2) is 22.0 Å². The summed E-state index contributed by atoms with van der Waals surface area (Å²) in [6.07, 6.45) is 3.51. The first-order chi connectivity index (χ1) is 10.0. The fourth-order valence-electron chi connectivity index (χ4n) is 1.51. The van der Waals surface area contributed by atoms with Crippen molar-refractivity contribution in [3.8, 4) is 0 Å². The smallest absolute Gasteiger partial charge is 0.328 e. The first-order valence-corrected chi connectivity index (χ1v) is 6.81. The number of amides is 1. The van der Waals surface area contributed by atoms with Crippen LogP contribution in [-0.2, 0) is 11.3 Å². The highest BCUT2D eigenvalue weighted by atomic mass is 32.1. The van der Waals surface area contributed by atoms with Crippen LogP contribution in [0.3, 0.4) is 0 Å². The molecule has 0 aliphatic rings. The van der Waals surface area contributed by atoms with Crippen molar-refractivity contribution in [2.75, 3.05) is 0 Å². The maximum Gasteiger partial charge on any atom is 0.328 e. The van der Waals surface area contributed by atoms with E-state index in [0.717, 1.165) is 22.7 Å². The topological polar surface area (TPSA) is 79.3 Å². The number of carboxylic acid groups (broad SMARTS) is 1. The number of rotatable bonds is 5. The Bertz CT molecular complexity index is 680. The van der Waals surface area contributed by atoms with Gasteiger partial charge in [0.2, 0.25) is 0 Å². The average molecular weight is 306 g/mol. The molecule has 0 aromatic carbocycles. The summed E-state index contributed by atoms with van der Waals surface area (Å²) in [5.41, 5.74) is 0.894. The third-order valence-corrected chi connectivity index (χ3v) is 3.43. The third-order valence-electron chi connectivity index (χ3n) is 2.48. The van der Waals surface area contributed by atoms with Crippen molar-refractivity contribution in [3.05, 3.63) is 57.8 Å². The Morgan fingerprint density at radius 1 is 1.43 bits per heavy atom. The van der Waals surface area contributed by atoms with E-state index in [1.54, 1.807) is 11.4 Å². The van der Waals surface area contributed by atoms with Gasteiger partial charge in [0.25, 0.3) is 5.91 Å². The van der Waals surface area contributed by atoms with Crippen LogP contribution in [0.5, 0.6) is 0 Å². The minimum Gasteiger partial charge on any atom is -0.478 e. The highest BCUT2D eigenvalue weighted by molar-refractivity contribution is 7.10. The second-order valence-electron chi connectivity index (χ2n) is 4.06. The largest absolute Gasteiger partial charge is 0.478 e. The van der Waals surface area contributed by atoms with Gasteiger partial charge in [-0.05, 0) is 35.2 Å². The zero-order valence-corrected chi connectivity index (χ0v) is 11.6. The molecule has 108 valence electrons. The molecule has 7 heteroatoms. The molecule has 5 nitrogen and oxygen atoms in total. The first kappa shape index (κ1) is 14.9. The van der Waals surface area contributed by atoms with E-state index in [0.29, 0.717) is 6.54 Å². The number of halogens is 1. The summed E-state index contributed by atoms with van der Waals surface area (Å²) >= 11 is 1.40. The number of carboxylic acids is 1. The van der Waals surface area contributed by atoms with Gasteiger partial charge < -0.3 is 10.4 Å². The molecule has 1 amide bonds. The first-order valence-electron chi connectivity index (χ1n) is 5.93. The van der Waals surface area contributed by atoms with E-state index in [1.807, 2.05) is 0 Å². The van der Waals surface area contributed by atoms with Crippen molar-refractivity contribution in [1.29, 1.82) is 0 Å². The van der Waals surface area contributed by atoms with E-state index in [1.165, 1.54) is 29.5 Å². The van der Waals surface area contributed by atoms with Crippen molar-refractivity contribution >= 4 is 29.3 Å². The van der Waals surface area contributed by atoms with Gasteiger partial charge in [0.05, 0.1) is 12.7 Å². The van der Waals surface area contributed by atoms with Gasteiger partial charge in [0, 0.05) is 11.0 Å². The molecular formula is C14H11FN2O3S. The molecule has 0 atom stereocenters. The summed E-state index contributed by atoms with van der Waals surface area (Å²) < 4.78 is 12.7. The molecule has 0 aliphatic carbocycles. The van der Waals surface area contributed by atoms with Crippen molar-refractivity contribution < 1.29 is 19.1 Å². The standard InChI is InChI=1S/C14H11FN2O3S/c15-10-2-3-12(16-6-10)14(20)17-7-11-5-9(8-21-11)1-4-13(18)19/h1-6,8H,7H2,(H,17,20)(H,18,19)/b4-1+. The molecule has 0 saturated carbocycles. The number of nitrogens with zero attached hydrogens (tertiary/aromatic N) is 1. The normalized spacial score (nSPS) is 10.7. The monoisotopic (exact) mass is 306 g/mol. The predicted octanol–water partition coefficient (Wildman–Crippen LogP) is 2.31. The van der Waals surface area contributed by atoms with Crippen LogP contribution in [0.25, 0.3) is 6.08 Å². The molecule has 0 saturated heterocycles. The summed E-state index contributed by atoms with van der Waals surface area (Å²) in [4.78, 5) is 26.7. The van der Waals surface area contributed by atoms with Crippen LogP contribution in [0.1, 0.15) is 20.9 Å². The summed E-state index contributed by atoms with van der Waals surface area (Å²) in [5.74, 6) is -1.91. The fraction of sp³-hybridized carbons (Fsp3) is 0.0714. The maximum atomic E-state index is 12.7. The molecule has 2 N–H and O–H groups in total. The van der Waals surface area contributed by atoms with Gasteiger partial charge >= 0.3 is 5.97 Å². The lowest BCUT2D eigenvalue weighted by Crippen LogP contribution is -2.23. The molecule has 0 unspecified atom stereocenters. The molecule has 2 aromatic heterocycles. The highest BCUT2D eigenvalue weighted by Crippen LogP contribution is 2.16. The maximum absolute atomic E-state index is 12.7. The number of thiophene rings is 1. The van der Waals surface area contributed by atoms with E-state index >= 15 is 0 Å². The Labute approximate surface area is 123 Å². The fourth-order valence-corrected chi connectivity index (χ4v) is 2.31. The lowest BCUT2D eigenvalue weighted by Gasteiger charge is -2.02. The molecule has 0 radical (unpaired) electrons. The summed E-state index contributed by atoms with van der Waals surface area (Å²) in [6.45, 7) is 0.295. The lowest BCUT2D eigenvalue weighted by atomic mass is 10.3. The Balaban J connectivity index is 1.92. The average Bonchev–Trinajstić information content (AvgIpc) is 2.91. The number of nitrogens with one attached hydrogen (secondary N) is 1. The Kier molecular flexibility index (Phi) is 4.78. The van der Waals surface area contributed by atoms with E-state index < -0.39 is 17.7 Å². The third kappa shape index (κ3) is 4.50. The second-order valence-corrected chi connectivity index (χ2v) is 5.06. The van der Waals surface area contributed by atoms with Gasteiger partial charge in [-0.15, -0.1) is 11.3 Å². The van der Waals surface area contributed by atoms with Crippen molar-refractivity contribution in [3.63, 3.8) is 0 Å². The number of carbonyl (C=O) groups is 2. The summed E-state index contributed by atoms with van der Waals surface area (Å²) in [5, 5.41) is 13.0. The molecular weight excluding hydrogens is 295 g/mol. The number of pyridine rings is 1. The van der Waals surface area contributed by atoms with Gasteiger partial charge in [-0.25, -0.2) is 14.2 Å². The Morgan fingerprint density at radius 2 is 2.24 bits per heavy atom. The van der Waals surface area contributed by atoms with E-state index in [9.17, 15) is 14.0 Å². The predicted molar refractivity (Wildman–Crippen MR) is 76.4 cm³/mol. The molecule has 2 heterocycles. The molecule has 2 aromatic rings. The Morgan fingerprint density at radius 3 is 2.90 bits per heavy atom. The minimum absolute atomic E-state index is 0.138. The van der Waals surface area contributed by atoms with Gasteiger partial charge in [-0.3, -0.25) is 4.79 Å². The number of carbonyl (C=O) groups excluding carboxylic acids is 1. The minimum atomic E-state index is -1.02. The number of hydrogen-bond acceptors (Lipinski definition) is 4. The zero-order chi connectivity index (χ0) is 15.2. The van der Waals surface area contributed by atoms with Crippen LogP contribution in [0.15, 0.2) is 35.9 Å². The quantitative estimate of drug-likeness (QED) is 0.831. The zero-order valence-electron chi connectivity index (χ0n) is 10.7. The molecule has 0 spiro atoms. The van der Waals surface area contributed by atoms with E-state index in [2.05, 4.69) is 10.3 Å². The number of aromatic nitrogens is 1. The van der Waals surface area contributed by atoms with Gasteiger partial charge in [-0.1, -0.05) is 0 Å². The molecule has 2 rings (SSSR count). The highest BCUT2D eigenvalue weighted by Gasteiger charge is 2.07. The van der Waals surface area contributed by atoms with Crippen LogP contribution in [0.2, 0.25) is 0 Å². The van der Waals surface area contributed by atoms with E-state index in [-0.39, 0.29) is 5.69 Å². The van der Waals surface area contributed by atoms with Crippen LogP contribution in [0.4, 0.5) is 4.39 Å². The second kappa shape index (κ2) is 6.76. The van der Waals surface area contributed by atoms with Gasteiger partial charge in [-0.2, -0.15) is 0 Å². The number of hydrogen-bond donors (Lipinski definition) is 2. The molecule has 0 aliphatic heterocycles. The lowest BCUT2D eigenvalue weighted by molar-refractivity contribution is -0.131. The number of aliphatic carboxylic acids is 1. The van der Waals surface area contributed by atoms with Gasteiger partial charge in [0.15, 0.2) is 0 Å². The van der Waals surface area contributed by atoms with Gasteiger partial charge in [0.1, 0.15) is 11.5 Å². The molecule has 0 fully saturated rings. The van der Waals surface area contributed by atoms with Crippen molar-refractivity contribution in [2.45, 2.75) is 6.54 Å². The SMILES string of the molecule is O=C(O)/C=C/c1csc(CNC(=O)c2ccc(F)cn2)c1. The van der Waals surface area contributed by atoms with E-state index in [4.69, 9.17) is 5.11 Å².